The third kappa shape index (κ3) is 3.77. The molecule has 0 bridgehead atoms. The highest BCUT2D eigenvalue weighted by Gasteiger charge is 2.19. The minimum Gasteiger partial charge on any atom is -0.353 e. The molecule has 13 heavy (non-hydrogen) atoms. The van der Waals surface area contributed by atoms with Crippen LogP contribution in [-0.4, -0.2) is 24.5 Å². The predicted molar refractivity (Wildman–Crippen MR) is 53.5 cm³/mol. The third-order valence-electron chi connectivity index (χ3n) is 2.31. The van der Waals surface area contributed by atoms with Crippen molar-refractivity contribution in [2.24, 2.45) is 0 Å². The molecule has 3 heteroatoms. The quantitative estimate of drug-likeness (QED) is 0.673. The molecule has 0 spiro atoms. The highest BCUT2D eigenvalue weighted by Crippen LogP contribution is 2.08. The SMILES string of the molecule is CC(C)NC(=O)[C@@H]1CCCCCN1. The van der Waals surface area contributed by atoms with Gasteiger partial charge < -0.3 is 10.6 Å². The van der Waals surface area contributed by atoms with E-state index < -0.39 is 0 Å². The van der Waals surface area contributed by atoms with Crippen LogP contribution < -0.4 is 10.6 Å². The number of rotatable bonds is 2. The summed E-state index contributed by atoms with van der Waals surface area (Å²) in [5, 5.41) is 6.21. The van der Waals surface area contributed by atoms with Gasteiger partial charge in [0.15, 0.2) is 0 Å². The number of nitrogens with one attached hydrogen (secondary N) is 2. The summed E-state index contributed by atoms with van der Waals surface area (Å²) in [6, 6.07) is 0.294. The highest BCUT2D eigenvalue weighted by molar-refractivity contribution is 5.81. The van der Waals surface area contributed by atoms with Crippen LogP contribution in [0.2, 0.25) is 0 Å². The summed E-state index contributed by atoms with van der Waals surface area (Å²) in [4.78, 5) is 11.6. The van der Waals surface area contributed by atoms with Crippen LogP contribution in [0.4, 0.5) is 0 Å². The van der Waals surface area contributed by atoms with Crippen LogP contribution in [-0.2, 0) is 4.79 Å². The lowest BCUT2D eigenvalue weighted by molar-refractivity contribution is -0.123. The van der Waals surface area contributed by atoms with Gasteiger partial charge in [-0.3, -0.25) is 4.79 Å². The van der Waals surface area contributed by atoms with Crippen molar-refractivity contribution in [1.29, 1.82) is 0 Å². The van der Waals surface area contributed by atoms with Crippen molar-refractivity contribution in [2.45, 2.75) is 51.6 Å². The monoisotopic (exact) mass is 184 g/mol. The van der Waals surface area contributed by atoms with Crippen LogP contribution in [0.15, 0.2) is 0 Å². The Labute approximate surface area is 80.3 Å². The van der Waals surface area contributed by atoms with Gasteiger partial charge in [-0.15, -0.1) is 0 Å². The van der Waals surface area contributed by atoms with Crippen molar-refractivity contribution in [3.05, 3.63) is 0 Å². The lowest BCUT2D eigenvalue weighted by Crippen LogP contribution is -2.45. The van der Waals surface area contributed by atoms with E-state index >= 15 is 0 Å². The molecule has 0 saturated carbocycles. The first-order chi connectivity index (χ1) is 6.20. The summed E-state index contributed by atoms with van der Waals surface area (Å²) < 4.78 is 0. The average molecular weight is 184 g/mol. The summed E-state index contributed by atoms with van der Waals surface area (Å²) in [6.45, 7) is 4.97. The normalized spacial score (nSPS) is 24.1. The van der Waals surface area contributed by atoms with Gasteiger partial charge in [0.05, 0.1) is 6.04 Å². The molecule has 0 unspecified atom stereocenters. The second-order valence-corrected chi connectivity index (χ2v) is 4.02. The van der Waals surface area contributed by atoms with Crippen molar-refractivity contribution in [2.75, 3.05) is 6.54 Å². The van der Waals surface area contributed by atoms with E-state index in [0.717, 1.165) is 13.0 Å². The molecule has 1 rings (SSSR count). The minimum atomic E-state index is 0.0462. The van der Waals surface area contributed by atoms with Crippen molar-refractivity contribution in [3.8, 4) is 0 Å². The van der Waals surface area contributed by atoms with E-state index in [1.54, 1.807) is 0 Å². The molecule has 0 aromatic carbocycles. The molecule has 1 amide bonds. The molecule has 0 aliphatic carbocycles. The number of hydrogen-bond donors (Lipinski definition) is 2. The molecule has 1 heterocycles. The Morgan fingerprint density at radius 2 is 2.15 bits per heavy atom. The van der Waals surface area contributed by atoms with Gasteiger partial charge in [-0.05, 0) is 33.2 Å². The molecule has 0 radical (unpaired) electrons. The molecular formula is C10H20N2O. The van der Waals surface area contributed by atoms with Crippen molar-refractivity contribution < 1.29 is 4.79 Å². The highest BCUT2D eigenvalue weighted by atomic mass is 16.2. The van der Waals surface area contributed by atoms with E-state index in [9.17, 15) is 4.79 Å². The third-order valence-corrected chi connectivity index (χ3v) is 2.31. The van der Waals surface area contributed by atoms with Crippen LogP contribution >= 0.6 is 0 Å². The Morgan fingerprint density at radius 1 is 1.38 bits per heavy atom. The molecule has 0 aromatic heterocycles. The first-order valence-corrected chi connectivity index (χ1v) is 5.24. The van der Waals surface area contributed by atoms with Crippen LogP contribution in [0.5, 0.6) is 0 Å². The maximum atomic E-state index is 11.6. The van der Waals surface area contributed by atoms with Gasteiger partial charge >= 0.3 is 0 Å². The fourth-order valence-corrected chi connectivity index (χ4v) is 1.64. The van der Waals surface area contributed by atoms with Gasteiger partial charge in [-0.1, -0.05) is 12.8 Å². The van der Waals surface area contributed by atoms with Crippen molar-refractivity contribution >= 4 is 5.91 Å². The van der Waals surface area contributed by atoms with E-state index in [4.69, 9.17) is 0 Å². The zero-order valence-corrected chi connectivity index (χ0v) is 8.60. The molecule has 76 valence electrons. The van der Waals surface area contributed by atoms with Gasteiger partial charge in [0, 0.05) is 6.04 Å². The second-order valence-electron chi connectivity index (χ2n) is 4.02. The Morgan fingerprint density at radius 3 is 2.85 bits per heavy atom. The molecule has 1 fully saturated rings. The second kappa shape index (κ2) is 5.22. The number of amides is 1. The zero-order valence-electron chi connectivity index (χ0n) is 8.60. The van der Waals surface area contributed by atoms with E-state index in [0.29, 0.717) is 0 Å². The summed E-state index contributed by atoms with van der Waals surface area (Å²) in [6.07, 6.45) is 4.60. The maximum absolute atomic E-state index is 11.6. The molecular weight excluding hydrogens is 164 g/mol. The van der Waals surface area contributed by atoms with Gasteiger partial charge in [0.2, 0.25) is 5.91 Å². The van der Waals surface area contributed by atoms with Crippen LogP contribution in [0, 0.1) is 0 Å². The summed E-state index contributed by atoms with van der Waals surface area (Å²) in [7, 11) is 0. The fraction of sp³-hybridized carbons (Fsp3) is 0.900. The zero-order chi connectivity index (χ0) is 9.68. The summed E-state index contributed by atoms with van der Waals surface area (Å²) in [5.41, 5.74) is 0. The van der Waals surface area contributed by atoms with Gasteiger partial charge in [0.25, 0.3) is 0 Å². The maximum Gasteiger partial charge on any atom is 0.237 e. The standard InChI is InChI=1S/C10H20N2O/c1-8(2)12-10(13)9-6-4-3-5-7-11-9/h8-9,11H,3-7H2,1-2H3,(H,12,13)/t9-/m0/s1. The molecule has 1 aliphatic heterocycles. The number of carbonyl (C=O) groups excluding carboxylic acids is 1. The smallest absolute Gasteiger partial charge is 0.237 e. The lowest BCUT2D eigenvalue weighted by Gasteiger charge is -2.17. The molecule has 1 aliphatic rings. The van der Waals surface area contributed by atoms with Crippen molar-refractivity contribution in [1.82, 2.24) is 10.6 Å². The molecule has 2 N–H and O–H groups in total. The van der Waals surface area contributed by atoms with E-state index in [2.05, 4.69) is 10.6 Å². The Hall–Kier alpha value is -0.570. The fourth-order valence-electron chi connectivity index (χ4n) is 1.64. The van der Waals surface area contributed by atoms with Gasteiger partial charge in [0.1, 0.15) is 0 Å². The van der Waals surface area contributed by atoms with E-state index in [1.165, 1.54) is 19.3 Å². The summed E-state index contributed by atoms with van der Waals surface area (Å²) >= 11 is 0. The van der Waals surface area contributed by atoms with Crippen molar-refractivity contribution in [3.63, 3.8) is 0 Å². The molecule has 1 atom stereocenters. The minimum absolute atomic E-state index is 0.0462. The molecule has 3 nitrogen and oxygen atoms in total. The lowest BCUT2D eigenvalue weighted by atomic mass is 10.1. The Bertz CT molecular complexity index is 160. The first kappa shape index (κ1) is 10.5. The van der Waals surface area contributed by atoms with Crippen LogP contribution in [0.3, 0.4) is 0 Å². The summed E-state index contributed by atoms with van der Waals surface area (Å²) in [5.74, 6) is 0.164. The van der Waals surface area contributed by atoms with Gasteiger partial charge in [-0.25, -0.2) is 0 Å². The van der Waals surface area contributed by atoms with Gasteiger partial charge in [-0.2, -0.15) is 0 Å². The van der Waals surface area contributed by atoms with E-state index in [1.807, 2.05) is 13.8 Å². The van der Waals surface area contributed by atoms with Crippen LogP contribution in [0.1, 0.15) is 39.5 Å². The predicted octanol–water partition coefficient (Wildman–Crippen LogP) is 1.04. The number of hydrogen-bond acceptors (Lipinski definition) is 2. The van der Waals surface area contributed by atoms with Crippen LogP contribution in [0.25, 0.3) is 0 Å². The Kier molecular flexibility index (Phi) is 4.22. The van der Waals surface area contributed by atoms with E-state index in [-0.39, 0.29) is 18.0 Å². The Balaban J connectivity index is 2.35. The topological polar surface area (TPSA) is 41.1 Å². The number of carbonyl (C=O) groups is 1. The average Bonchev–Trinajstić information content (AvgIpc) is 2.29. The largest absolute Gasteiger partial charge is 0.353 e. The molecule has 1 saturated heterocycles. The first-order valence-electron chi connectivity index (χ1n) is 5.24. The molecule has 0 aromatic rings.